The molecule has 1 aliphatic rings. The molecule has 1 aromatic heterocycles. The fraction of sp³-hybridized carbons (Fsp3) is 0.692. The second-order valence-electron chi connectivity index (χ2n) is 4.79. The Hall–Kier alpha value is -1.32. The van der Waals surface area contributed by atoms with Gasteiger partial charge in [-0.3, -0.25) is 9.48 Å². The third-order valence-corrected chi connectivity index (χ3v) is 3.49. The topological polar surface area (TPSA) is 46.9 Å². The molecular weight excluding hydrogens is 214 g/mol. The molecule has 0 bridgehead atoms. The van der Waals surface area contributed by atoms with Gasteiger partial charge < -0.3 is 5.32 Å². The molecule has 1 saturated heterocycles. The number of carbonyl (C=O) groups excluding carboxylic acids is 1. The third-order valence-electron chi connectivity index (χ3n) is 3.49. The van der Waals surface area contributed by atoms with Crippen molar-refractivity contribution in [2.75, 3.05) is 6.54 Å². The first-order chi connectivity index (χ1) is 8.20. The lowest BCUT2D eigenvalue weighted by molar-refractivity contribution is -0.124. The second-order valence-corrected chi connectivity index (χ2v) is 4.79. The zero-order valence-corrected chi connectivity index (χ0v) is 10.7. The van der Waals surface area contributed by atoms with Crippen LogP contribution in [0.4, 0.5) is 0 Å². The van der Waals surface area contributed by atoms with Crippen molar-refractivity contribution in [3.8, 4) is 0 Å². The van der Waals surface area contributed by atoms with E-state index in [2.05, 4.69) is 23.4 Å². The Kier molecular flexibility index (Phi) is 3.82. The minimum absolute atomic E-state index is 0.123. The second kappa shape index (κ2) is 5.34. The molecule has 0 saturated carbocycles. The molecule has 4 heteroatoms. The minimum atomic E-state index is 0.123. The predicted molar refractivity (Wildman–Crippen MR) is 66.6 cm³/mol. The van der Waals surface area contributed by atoms with E-state index in [1.54, 1.807) is 0 Å². The zero-order chi connectivity index (χ0) is 12.3. The Balaban J connectivity index is 2.07. The van der Waals surface area contributed by atoms with Crippen molar-refractivity contribution in [3.63, 3.8) is 0 Å². The number of amides is 1. The smallest absolute Gasteiger partial charge is 0.223 e. The summed E-state index contributed by atoms with van der Waals surface area (Å²) in [6.07, 6.45) is 5.01. The summed E-state index contributed by atoms with van der Waals surface area (Å²) >= 11 is 0. The standard InChI is InChI=1S/C13H21N3O/c1-3-11-9-12(16(2)15-11)8-10-6-4-5-7-14-13(10)17/h9-10H,3-8H2,1-2H3,(H,14,17). The van der Waals surface area contributed by atoms with Gasteiger partial charge in [-0.1, -0.05) is 13.3 Å². The quantitative estimate of drug-likeness (QED) is 0.861. The maximum atomic E-state index is 11.9. The van der Waals surface area contributed by atoms with Crippen molar-refractivity contribution in [2.45, 2.75) is 39.0 Å². The van der Waals surface area contributed by atoms with Crippen LogP contribution in [0.15, 0.2) is 6.07 Å². The third kappa shape index (κ3) is 2.87. The summed E-state index contributed by atoms with van der Waals surface area (Å²) in [6.45, 7) is 2.94. The van der Waals surface area contributed by atoms with Gasteiger partial charge >= 0.3 is 0 Å². The molecule has 1 atom stereocenters. The monoisotopic (exact) mass is 235 g/mol. The van der Waals surface area contributed by atoms with Crippen LogP contribution >= 0.6 is 0 Å². The molecule has 1 N–H and O–H groups in total. The van der Waals surface area contributed by atoms with Crippen LogP contribution < -0.4 is 5.32 Å². The van der Waals surface area contributed by atoms with E-state index in [9.17, 15) is 4.79 Å². The Morgan fingerprint density at radius 3 is 3.06 bits per heavy atom. The molecule has 0 spiro atoms. The van der Waals surface area contributed by atoms with Crippen molar-refractivity contribution < 1.29 is 4.79 Å². The average Bonchev–Trinajstić information content (AvgIpc) is 2.54. The van der Waals surface area contributed by atoms with Crippen LogP contribution in [0.3, 0.4) is 0 Å². The summed E-state index contributed by atoms with van der Waals surface area (Å²) in [6, 6.07) is 2.12. The molecule has 1 fully saturated rings. The van der Waals surface area contributed by atoms with E-state index in [1.165, 1.54) is 5.69 Å². The summed E-state index contributed by atoms with van der Waals surface area (Å²) in [4.78, 5) is 11.9. The number of carbonyl (C=O) groups is 1. The van der Waals surface area contributed by atoms with E-state index in [0.717, 1.165) is 44.3 Å². The normalized spacial score (nSPS) is 21.1. The lowest BCUT2D eigenvalue weighted by Gasteiger charge is -2.12. The van der Waals surface area contributed by atoms with Gasteiger partial charge in [0, 0.05) is 31.6 Å². The SMILES string of the molecule is CCc1cc(CC2CCCCNC2=O)n(C)n1. The molecule has 2 rings (SSSR count). The van der Waals surface area contributed by atoms with Crippen molar-refractivity contribution in [3.05, 3.63) is 17.5 Å². The zero-order valence-electron chi connectivity index (χ0n) is 10.7. The van der Waals surface area contributed by atoms with Crippen LogP contribution in [-0.2, 0) is 24.7 Å². The highest BCUT2D eigenvalue weighted by molar-refractivity contribution is 5.79. The van der Waals surface area contributed by atoms with Gasteiger partial charge in [-0.05, 0) is 25.3 Å². The first-order valence-electron chi connectivity index (χ1n) is 6.50. The van der Waals surface area contributed by atoms with Crippen LogP contribution in [0, 0.1) is 5.92 Å². The molecule has 1 aromatic rings. The Morgan fingerprint density at radius 1 is 1.53 bits per heavy atom. The molecular formula is C13H21N3O. The molecule has 0 aromatic carbocycles. The van der Waals surface area contributed by atoms with E-state index in [0.29, 0.717) is 0 Å². The Labute approximate surface area is 102 Å². The number of nitrogens with zero attached hydrogens (tertiary/aromatic N) is 2. The lowest BCUT2D eigenvalue weighted by Crippen LogP contribution is -2.30. The van der Waals surface area contributed by atoms with Crippen molar-refractivity contribution in [2.24, 2.45) is 13.0 Å². The fourth-order valence-corrected chi connectivity index (χ4v) is 2.39. The number of hydrogen-bond donors (Lipinski definition) is 1. The molecule has 17 heavy (non-hydrogen) atoms. The molecule has 2 heterocycles. The lowest BCUT2D eigenvalue weighted by atomic mass is 9.97. The molecule has 1 amide bonds. The van der Waals surface area contributed by atoms with E-state index in [1.807, 2.05) is 11.7 Å². The molecule has 1 unspecified atom stereocenters. The van der Waals surface area contributed by atoms with Gasteiger partial charge in [-0.15, -0.1) is 0 Å². The fourth-order valence-electron chi connectivity index (χ4n) is 2.39. The van der Waals surface area contributed by atoms with Gasteiger partial charge in [0.2, 0.25) is 5.91 Å². The van der Waals surface area contributed by atoms with Gasteiger partial charge in [0.1, 0.15) is 0 Å². The molecule has 0 radical (unpaired) electrons. The summed E-state index contributed by atoms with van der Waals surface area (Å²) < 4.78 is 1.91. The summed E-state index contributed by atoms with van der Waals surface area (Å²) in [5.74, 6) is 0.333. The van der Waals surface area contributed by atoms with Crippen molar-refractivity contribution in [1.29, 1.82) is 0 Å². The van der Waals surface area contributed by atoms with Gasteiger partial charge in [-0.25, -0.2) is 0 Å². The maximum absolute atomic E-state index is 11.9. The summed E-state index contributed by atoms with van der Waals surface area (Å²) in [5.41, 5.74) is 2.28. The van der Waals surface area contributed by atoms with Gasteiger partial charge in [-0.2, -0.15) is 5.10 Å². The number of aryl methyl sites for hydroxylation is 2. The van der Waals surface area contributed by atoms with Crippen molar-refractivity contribution >= 4 is 5.91 Å². The van der Waals surface area contributed by atoms with E-state index in [4.69, 9.17) is 0 Å². The molecule has 1 aliphatic heterocycles. The van der Waals surface area contributed by atoms with E-state index < -0.39 is 0 Å². The van der Waals surface area contributed by atoms with Crippen molar-refractivity contribution in [1.82, 2.24) is 15.1 Å². The van der Waals surface area contributed by atoms with Gasteiger partial charge in [0.25, 0.3) is 0 Å². The van der Waals surface area contributed by atoms with Gasteiger partial charge in [0.05, 0.1) is 5.69 Å². The largest absolute Gasteiger partial charge is 0.356 e. The number of hydrogen-bond acceptors (Lipinski definition) is 2. The number of nitrogens with one attached hydrogen (secondary N) is 1. The highest BCUT2D eigenvalue weighted by atomic mass is 16.1. The van der Waals surface area contributed by atoms with Crippen LogP contribution in [0.2, 0.25) is 0 Å². The Bertz CT molecular complexity index is 397. The Morgan fingerprint density at radius 2 is 2.35 bits per heavy atom. The van der Waals surface area contributed by atoms with Crippen LogP contribution in [0.5, 0.6) is 0 Å². The molecule has 94 valence electrons. The molecule has 4 nitrogen and oxygen atoms in total. The highest BCUT2D eigenvalue weighted by Crippen LogP contribution is 2.18. The first kappa shape index (κ1) is 12.1. The number of rotatable bonds is 3. The minimum Gasteiger partial charge on any atom is -0.356 e. The van der Waals surface area contributed by atoms with E-state index >= 15 is 0 Å². The highest BCUT2D eigenvalue weighted by Gasteiger charge is 2.22. The summed E-state index contributed by atoms with van der Waals surface area (Å²) in [7, 11) is 1.96. The van der Waals surface area contributed by atoms with Crippen LogP contribution in [-0.4, -0.2) is 22.2 Å². The predicted octanol–water partition coefficient (Wildman–Crippen LogP) is 1.44. The average molecular weight is 235 g/mol. The van der Waals surface area contributed by atoms with Crippen LogP contribution in [0.1, 0.15) is 37.6 Å². The first-order valence-corrected chi connectivity index (χ1v) is 6.50. The number of aromatic nitrogens is 2. The summed E-state index contributed by atoms with van der Waals surface area (Å²) in [5, 5.41) is 7.41. The van der Waals surface area contributed by atoms with Gasteiger partial charge in [0.15, 0.2) is 0 Å². The maximum Gasteiger partial charge on any atom is 0.223 e. The molecule has 0 aliphatic carbocycles. The van der Waals surface area contributed by atoms with E-state index in [-0.39, 0.29) is 11.8 Å². The van der Waals surface area contributed by atoms with Crippen LogP contribution in [0.25, 0.3) is 0 Å².